The van der Waals surface area contributed by atoms with E-state index >= 15 is 0 Å². The van der Waals surface area contributed by atoms with Crippen LogP contribution in [-0.4, -0.2) is 27.1 Å². The molecule has 0 fully saturated rings. The zero-order valence-electron chi connectivity index (χ0n) is 14.1. The zero-order chi connectivity index (χ0) is 17.7. The van der Waals surface area contributed by atoms with E-state index in [0.717, 1.165) is 33.4 Å². The molecule has 3 heterocycles. The highest BCUT2D eigenvalue weighted by atomic mass is 16.4. The standard InChI is InChI=1S/C21H19N3O2/c25-21(26)19-11-15-14-6-2-4-8-17(14)24-20(15)18(23-19)10-13-9-12-5-1-3-7-16(12)22-13/h1-9,18-19,22-24H,10-11H2,(H,25,26). The van der Waals surface area contributed by atoms with Gasteiger partial charge in [0, 0.05) is 40.6 Å². The Morgan fingerprint density at radius 1 is 1.04 bits per heavy atom. The van der Waals surface area contributed by atoms with Crippen LogP contribution in [0.25, 0.3) is 21.8 Å². The molecule has 1 aliphatic heterocycles. The number of aliphatic carboxylic acids is 1. The second-order valence-electron chi connectivity index (χ2n) is 6.96. The van der Waals surface area contributed by atoms with Crippen LogP contribution in [0.4, 0.5) is 0 Å². The molecule has 0 radical (unpaired) electrons. The molecule has 0 saturated carbocycles. The van der Waals surface area contributed by atoms with Gasteiger partial charge in [-0.2, -0.15) is 0 Å². The van der Waals surface area contributed by atoms with Crippen LogP contribution in [0.2, 0.25) is 0 Å². The van der Waals surface area contributed by atoms with Crippen molar-refractivity contribution in [1.29, 1.82) is 0 Å². The summed E-state index contributed by atoms with van der Waals surface area (Å²) < 4.78 is 0. The van der Waals surface area contributed by atoms with E-state index < -0.39 is 12.0 Å². The van der Waals surface area contributed by atoms with Crippen LogP contribution in [0.15, 0.2) is 54.6 Å². The van der Waals surface area contributed by atoms with Gasteiger partial charge in [0.2, 0.25) is 0 Å². The summed E-state index contributed by atoms with van der Waals surface area (Å²) in [6.45, 7) is 0. The van der Waals surface area contributed by atoms with Gasteiger partial charge in [-0.3, -0.25) is 10.1 Å². The molecule has 5 nitrogen and oxygen atoms in total. The molecule has 4 N–H and O–H groups in total. The first-order chi connectivity index (χ1) is 12.7. The van der Waals surface area contributed by atoms with E-state index in [9.17, 15) is 9.90 Å². The summed E-state index contributed by atoms with van der Waals surface area (Å²) in [6.07, 6.45) is 1.20. The van der Waals surface area contributed by atoms with E-state index in [0.29, 0.717) is 12.8 Å². The normalized spacial score (nSPS) is 19.7. The molecule has 26 heavy (non-hydrogen) atoms. The zero-order valence-corrected chi connectivity index (χ0v) is 14.1. The van der Waals surface area contributed by atoms with Crippen LogP contribution in [0.1, 0.15) is 23.0 Å². The summed E-state index contributed by atoms with van der Waals surface area (Å²) >= 11 is 0. The first-order valence-corrected chi connectivity index (χ1v) is 8.84. The Hall–Kier alpha value is -3.05. The smallest absolute Gasteiger partial charge is 0.321 e. The first kappa shape index (κ1) is 15.2. The molecule has 5 heteroatoms. The summed E-state index contributed by atoms with van der Waals surface area (Å²) in [5.74, 6) is -0.803. The van der Waals surface area contributed by atoms with E-state index in [4.69, 9.17) is 0 Å². The summed E-state index contributed by atoms with van der Waals surface area (Å²) in [5.41, 5.74) is 5.48. The molecule has 2 aromatic carbocycles. The van der Waals surface area contributed by atoms with Crippen molar-refractivity contribution in [2.75, 3.05) is 0 Å². The van der Waals surface area contributed by atoms with Crippen LogP contribution >= 0.6 is 0 Å². The van der Waals surface area contributed by atoms with Gasteiger partial charge in [0.05, 0.1) is 6.04 Å². The van der Waals surface area contributed by atoms with Crippen molar-refractivity contribution in [3.8, 4) is 0 Å². The fourth-order valence-corrected chi connectivity index (χ4v) is 4.11. The lowest BCUT2D eigenvalue weighted by atomic mass is 9.92. The first-order valence-electron chi connectivity index (χ1n) is 8.84. The Morgan fingerprint density at radius 3 is 2.62 bits per heavy atom. The van der Waals surface area contributed by atoms with Crippen LogP contribution < -0.4 is 5.32 Å². The number of aromatic amines is 2. The van der Waals surface area contributed by atoms with Crippen molar-refractivity contribution in [3.05, 3.63) is 71.5 Å². The highest BCUT2D eigenvalue weighted by Crippen LogP contribution is 2.33. The summed E-state index contributed by atoms with van der Waals surface area (Å²) in [7, 11) is 0. The van der Waals surface area contributed by atoms with Gasteiger partial charge in [-0.25, -0.2) is 0 Å². The lowest BCUT2D eigenvalue weighted by Gasteiger charge is -2.29. The lowest BCUT2D eigenvalue weighted by molar-refractivity contribution is -0.139. The maximum absolute atomic E-state index is 11.7. The number of benzene rings is 2. The number of hydrogen-bond acceptors (Lipinski definition) is 2. The lowest BCUT2D eigenvalue weighted by Crippen LogP contribution is -2.45. The Kier molecular flexibility index (Phi) is 3.36. The fraction of sp³-hybridized carbons (Fsp3) is 0.190. The van der Waals surface area contributed by atoms with Crippen molar-refractivity contribution in [1.82, 2.24) is 15.3 Å². The average molecular weight is 345 g/mol. The number of hydrogen-bond donors (Lipinski definition) is 4. The molecule has 0 spiro atoms. The molecule has 5 rings (SSSR count). The van der Waals surface area contributed by atoms with Crippen LogP contribution in [0.5, 0.6) is 0 Å². The number of H-pyrrole nitrogens is 2. The predicted molar refractivity (Wildman–Crippen MR) is 101 cm³/mol. The maximum Gasteiger partial charge on any atom is 0.321 e. The minimum Gasteiger partial charge on any atom is -0.480 e. The SMILES string of the molecule is O=C(O)C1Cc2c([nH]c3ccccc23)C(Cc2cc3ccccc3[nH]2)N1. The number of carboxylic acid groups (broad SMARTS) is 1. The molecule has 1 aliphatic rings. The van der Waals surface area contributed by atoms with Crippen LogP contribution in [-0.2, 0) is 17.6 Å². The van der Waals surface area contributed by atoms with Gasteiger partial charge >= 0.3 is 5.97 Å². The second-order valence-corrected chi connectivity index (χ2v) is 6.96. The van der Waals surface area contributed by atoms with E-state index in [-0.39, 0.29) is 6.04 Å². The highest BCUT2D eigenvalue weighted by molar-refractivity contribution is 5.87. The monoisotopic (exact) mass is 345 g/mol. The molecule has 0 saturated heterocycles. The van der Waals surface area contributed by atoms with Crippen molar-refractivity contribution in [2.24, 2.45) is 0 Å². The Labute approximate surface area is 150 Å². The molecule has 2 unspecified atom stereocenters. The average Bonchev–Trinajstić information content (AvgIpc) is 3.22. The quantitative estimate of drug-likeness (QED) is 0.458. The number of carbonyl (C=O) groups is 1. The van der Waals surface area contributed by atoms with Gasteiger partial charge in [-0.1, -0.05) is 36.4 Å². The van der Waals surface area contributed by atoms with Gasteiger partial charge in [-0.05, 0) is 29.1 Å². The van der Waals surface area contributed by atoms with Crippen molar-refractivity contribution < 1.29 is 9.90 Å². The van der Waals surface area contributed by atoms with E-state index in [1.165, 1.54) is 5.39 Å². The number of para-hydroxylation sites is 2. The topological polar surface area (TPSA) is 80.9 Å². The fourth-order valence-electron chi connectivity index (χ4n) is 4.11. The number of fused-ring (bicyclic) bond motifs is 4. The third-order valence-electron chi connectivity index (χ3n) is 5.31. The van der Waals surface area contributed by atoms with E-state index in [1.807, 2.05) is 30.3 Å². The van der Waals surface area contributed by atoms with Gasteiger partial charge in [-0.15, -0.1) is 0 Å². The number of aromatic nitrogens is 2. The molecule has 0 aliphatic carbocycles. The Morgan fingerprint density at radius 2 is 1.81 bits per heavy atom. The molecular weight excluding hydrogens is 326 g/mol. The molecule has 4 aromatic rings. The minimum absolute atomic E-state index is 0.0692. The molecule has 0 bridgehead atoms. The third kappa shape index (κ3) is 2.40. The van der Waals surface area contributed by atoms with Crippen LogP contribution in [0, 0.1) is 0 Å². The summed E-state index contributed by atoms with van der Waals surface area (Å²) in [6, 6.07) is 17.8. The van der Waals surface area contributed by atoms with Crippen molar-refractivity contribution in [2.45, 2.75) is 24.9 Å². The second kappa shape index (κ2) is 5.75. The molecule has 0 amide bonds. The largest absolute Gasteiger partial charge is 0.480 e. The minimum atomic E-state index is -0.803. The third-order valence-corrected chi connectivity index (χ3v) is 5.31. The summed E-state index contributed by atoms with van der Waals surface area (Å²) in [4.78, 5) is 18.6. The van der Waals surface area contributed by atoms with E-state index in [1.54, 1.807) is 0 Å². The van der Waals surface area contributed by atoms with Gasteiger partial charge in [0.15, 0.2) is 0 Å². The van der Waals surface area contributed by atoms with E-state index in [2.05, 4.69) is 39.6 Å². The number of carboxylic acids is 1. The number of rotatable bonds is 3. The van der Waals surface area contributed by atoms with Crippen molar-refractivity contribution in [3.63, 3.8) is 0 Å². The van der Waals surface area contributed by atoms with Crippen molar-refractivity contribution >= 4 is 27.8 Å². The molecule has 2 atom stereocenters. The number of nitrogens with one attached hydrogen (secondary N) is 3. The predicted octanol–water partition coefficient (Wildman–Crippen LogP) is 3.53. The highest BCUT2D eigenvalue weighted by Gasteiger charge is 2.33. The Balaban J connectivity index is 1.58. The Bertz CT molecular complexity index is 1090. The van der Waals surface area contributed by atoms with Gasteiger partial charge in [0.25, 0.3) is 0 Å². The maximum atomic E-state index is 11.7. The molecular formula is C21H19N3O2. The van der Waals surface area contributed by atoms with Gasteiger partial charge < -0.3 is 15.1 Å². The molecule has 2 aromatic heterocycles. The molecule has 130 valence electrons. The van der Waals surface area contributed by atoms with Gasteiger partial charge in [0.1, 0.15) is 6.04 Å². The van der Waals surface area contributed by atoms with Crippen LogP contribution in [0.3, 0.4) is 0 Å². The summed E-state index contributed by atoms with van der Waals surface area (Å²) in [5, 5.41) is 15.2.